The van der Waals surface area contributed by atoms with E-state index in [0.29, 0.717) is 0 Å². The standard InChI is InChI=1S/C12H16N2S/c1-2-10-5-9(1)6-11(10)7-13-8-12-14-3-4-15-12/h1-4,9-11,13H,5-8H2. The van der Waals surface area contributed by atoms with Crippen molar-refractivity contribution in [2.75, 3.05) is 6.54 Å². The molecule has 2 aliphatic carbocycles. The van der Waals surface area contributed by atoms with Crippen molar-refractivity contribution >= 4 is 11.3 Å². The molecule has 2 aliphatic rings. The van der Waals surface area contributed by atoms with Crippen molar-refractivity contribution in [1.82, 2.24) is 10.3 Å². The lowest BCUT2D eigenvalue weighted by molar-refractivity contribution is 0.414. The summed E-state index contributed by atoms with van der Waals surface area (Å²) in [4.78, 5) is 4.27. The molecule has 1 saturated carbocycles. The van der Waals surface area contributed by atoms with Crippen LogP contribution < -0.4 is 5.32 Å². The monoisotopic (exact) mass is 220 g/mol. The predicted octanol–water partition coefficient (Wildman–Crippen LogP) is 2.44. The van der Waals surface area contributed by atoms with Gasteiger partial charge in [-0.25, -0.2) is 4.98 Å². The first-order chi connectivity index (χ1) is 7.42. The summed E-state index contributed by atoms with van der Waals surface area (Å²) in [6.45, 7) is 2.10. The van der Waals surface area contributed by atoms with Crippen molar-refractivity contribution in [2.24, 2.45) is 17.8 Å². The molecule has 3 rings (SSSR count). The van der Waals surface area contributed by atoms with E-state index in [9.17, 15) is 0 Å². The number of nitrogens with one attached hydrogen (secondary N) is 1. The van der Waals surface area contributed by atoms with E-state index in [2.05, 4.69) is 22.5 Å². The van der Waals surface area contributed by atoms with Crippen LogP contribution in [0.4, 0.5) is 0 Å². The summed E-state index contributed by atoms with van der Waals surface area (Å²) in [6.07, 6.45) is 9.50. The van der Waals surface area contributed by atoms with E-state index in [1.807, 2.05) is 11.6 Å². The Balaban J connectivity index is 1.45. The van der Waals surface area contributed by atoms with Crippen LogP contribution >= 0.6 is 11.3 Å². The highest BCUT2D eigenvalue weighted by molar-refractivity contribution is 7.09. The number of allylic oxidation sites excluding steroid dienone is 2. The van der Waals surface area contributed by atoms with Gasteiger partial charge < -0.3 is 5.32 Å². The molecule has 0 saturated heterocycles. The van der Waals surface area contributed by atoms with Crippen LogP contribution in [0.2, 0.25) is 0 Å². The van der Waals surface area contributed by atoms with Crippen LogP contribution in [0.15, 0.2) is 23.7 Å². The van der Waals surface area contributed by atoms with Gasteiger partial charge in [-0.3, -0.25) is 0 Å². The largest absolute Gasteiger partial charge is 0.310 e. The lowest BCUT2D eigenvalue weighted by atomic mass is 9.94. The molecule has 0 amide bonds. The molecular weight excluding hydrogens is 204 g/mol. The number of aromatic nitrogens is 1. The van der Waals surface area contributed by atoms with Gasteiger partial charge in [-0.2, -0.15) is 0 Å². The van der Waals surface area contributed by atoms with Gasteiger partial charge in [-0.1, -0.05) is 12.2 Å². The number of rotatable bonds is 4. The zero-order valence-corrected chi connectivity index (χ0v) is 9.54. The van der Waals surface area contributed by atoms with E-state index < -0.39 is 0 Å². The Kier molecular flexibility index (Phi) is 2.59. The minimum absolute atomic E-state index is 0.860. The Morgan fingerprint density at radius 3 is 3.07 bits per heavy atom. The quantitative estimate of drug-likeness (QED) is 0.788. The van der Waals surface area contributed by atoms with Gasteiger partial charge in [-0.15, -0.1) is 11.3 Å². The lowest BCUT2D eigenvalue weighted by Gasteiger charge is -2.17. The van der Waals surface area contributed by atoms with E-state index in [1.165, 1.54) is 17.8 Å². The molecule has 0 aromatic carbocycles. The smallest absolute Gasteiger partial charge is 0.106 e. The Labute approximate surface area is 94.4 Å². The van der Waals surface area contributed by atoms with Crippen molar-refractivity contribution in [3.63, 3.8) is 0 Å². The maximum Gasteiger partial charge on any atom is 0.106 e. The molecule has 0 radical (unpaired) electrons. The summed E-state index contributed by atoms with van der Waals surface area (Å²) < 4.78 is 0. The highest BCUT2D eigenvalue weighted by Crippen LogP contribution is 2.42. The van der Waals surface area contributed by atoms with Crippen LogP contribution in [-0.2, 0) is 6.54 Å². The first-order valence-corrected chi connectivity index (χ1v) is 6.57. The van der Waals surface area contributed by atoms with Crippen LogP contribution in [0, 0.1) is 17.8 Å². The fraction of sp³-hybridized carbons (Fsp3) is 0.583. The Bertz CT molecular complexity index is 345. The summed E-state index contributed by atoms with van der Waals surface area (Å²) in [5.41, 5.74) is 0. The molecule has 3 atom stereocenters. The minimum atomic E-state index is 0.860. The van der Waals surface area contributed by atoms with Gasteiger partial charge in [-0.05, 0) is 37.1 Å². The van der Waals surface area contributed by atoms with Gasteiger partial charge in [0.1, 0.15) is 5.01 Å². The third-order valence-corrected chi connectivity index (χ3v) is 4.36. The summed E-state index contributed by atoms with van der Waals surface area (Å²) in [5, 5.41) is 6.77. The van der Waals surface area contributed by atoms with Gasteiger partial charge in [0.15, 0.2) is 0 Å². The van der Waals surface area contributed by atoms with Gasteiger partial charge in [0.2, 0.25) is 0 Å². The van der Waals surface area contributed by atoms with E-state index in [-0.39, 0.29) is 0 Å². The van der Waals surface area contributed by atoms with Crippen LogP contribution in [0.5, 0.6) is 0 Å². The molecule has 2 nitrogen and oxygen atoms in total. The molecule has 1 aromatic rings. The third-order valence-electron chi connectivity index (χ3n) is 3.58. The second-order valence-corrected chi connectivity index (χ2v) is 5.58. The molecule has 0 spiro atoms. The molecule has 3 unspecified atom stereocenters. The number of nitrogens with zero attached hydrogens (tertiary/aromatic N) is 1. The SMILES string of the molecule is C1=CC2CC1CC2CNCc1nccs1. The normalized spacial score (nSPS) is 32.7. The third kappa shape index (κ3) is 1.99. The van der Waals surface area contributed by atoms with Crippen molar-refractivity contribution in [2.45, 2.75) is 19.4 Å². The Morgan fingerprint density at radius 2 is 2.40 bits per heavy atom. The Hall–Kier alpha value is -0.670. The van der Waals surface area contributed by atoms with E-state index in [0.717, 1.165) is 30.8 Å². The highest BCUT2D eigenvalue weighted by atomic mass is 32.1. The Morgan fingerprint density at radius 1 is 1.40 bits per heavy atom. The molecular formula is C12H16N2S. The fourth-order valence-corrected chi connectivity index (χ4v) is 3.42. The second kappa shape index (κ2) is 4.06. The molecule has 1 aromatic heterocycles. The van der Waals surface area contributed by atoms with Crippen LogP contribution in [0.1, 0.15) is 17.8 Å². The molecule has 1 heterocycles. The van der Waals surface area contributed by atoms with Crippen molar-refractivity contribution in [1.29, 1.82) is 0 Å². The van der Waals surface area contributed by atoms with Crippen molar-refractivity contribution in [3.05, 3.63) is 28.7 Å². The van der Waals surface area contributed by atoms with E-state index in [4.69, 9.17) is 0 Å². The van der Waals surface area contributed by atoms with Gasteiger partial charge in [0, 0.05) is 18.1 Å². The maximum atomic E-state index is 4.27. The number of hydrogen-bond acceptors (Lipinski definition) is 3. The van der Waals surface area contributed by atoms with Crippen molar-refractivity contribution < 1.29 is 0 Å². The molecule has 1 fully saturated rings. The summed E-state index contributed by atoms with van der Waals surface area (Å²) in [6, 6.07) is 0. The topological polar surface area (TPSA) is 24.9 Å². The molecule has 3 heteroatoms. The molecule has 2 bridgehead atoms. The van der Waals surface area contributed by atoms with Crippen LogP contribution in [-0.4, -0.2) is 11.5 Å². The zero-order valence-electron chi connectivity index (χ0n) is 8.73. The van der Waals surface area contributed by atoms with Gasteiger partial charge in [0.05, 0.1) is 0 Å². The first-order valence-electron chi connectivity index (χ1n) is 5.69. The molecule has 15 heavy (non-hydrogen) atoms. The van der Waals surface area contributed by atoms with E-state index in [1.54, 1.807) is 11.3 Å². The molecule has 1 N–H and O–H groups in total. The average molecular weight is 220 g/mol. The van der Waals surface area contributed by atoms with Crippen LogP contribution in [0.25, 0.3) is 0 Å². The second-order valence-electron chi connectivity index (χ2n) is 4.60. The summed E-state index contributed by atoms with van der Waals surface area (Å²) in [7, 11) is 0. The maximum absolute atomic E-state index is 4.27. The molecule has 80 valence electrons. The van der Waals surface area contributed by atoms with Gasteiger partial charge in [0.25, 0.3) is 0 Å². The van der Waals surface area contributed by atoms with Crippen LogP contribution in [0.3, 0.4) is 0 Å². The van der Waals surface area contributed by atoms with Crippen molar-refractivity contribution in [3.8, 4) is 0 Å². The minimum Gasteiger partial charge on any atom is -0.310 e. The fourth-order valence-electron chi connectivity index (χ4n) is 2.83. The lowest BCUT2D eigenvalue weighted by Crippen LogP contribution is -2.24. The first kappa shape index (κ1) is 9.55. The number of thiazole rings is 1. The predicted molar refractivity (Wildman–Crippen MR) is 62.7 cm³/mol. The van der Waals surface area contributed by atoms with E-state index >= 15 is 0 Å². The number of fused-ring (bicyclic) bond motifs is 2. The highest BCUT2D eigenvalue weighted by Gasteiger charge is 2.34. The zero-order chi connectivity index (χ0) is 10.1. The summed E-state index contributed by atoms with van der Waals surface area (Å²) >= 11 is 1.73. The average Bonchev–Trinajstić information content (AvgIpc) is 2.93. The van der Waals surface area contributed by atoms with Gasteiger partial charge >= 0.3 is 0 Å². The molecule has 0 aliphatic heterocycles. The number of hydrogen-bond donors (Lipinski definition) is 1. The summed E-state index contributed by atoms with van der Waals surface area (Å²) in [5.74, 6) is 2.63.